The number of hydrogen-bond acceptors (Lipinski definition) is 5. The maximum Gasteiger partial charge on any atom is 0.328 e. The summed E-state index contributed by atoms with van der Waals surface area (Å²) < 4.78 is 4.87. The van der Waals surface area contributed by atoms with Crippen molar-refractivity contribution in [3.05, 3.63) is 70.4 Å². The Kier molecular flexibility index (Phi) is 9.32. The number of amides is 1. The first-order chi connectivity index (χ1) is 16.7. The number of aromatic amines is 1. The van der Waals surface area contributed by atoms with Gasteiger partial charge in [-0.25, -0.2) is 4.79 Å². The Morgan fingerprint density at radius 3 is 2.57 bits per heavy atom. The standard InChI is InChI=1S/C27H34ClN3O4/c1-16(2)11-23(27(34)35-4)31-26(33)22-10-6-9-21-19(14-30-25(21)22)12-17(3)29-15-24(32)18-7-5-8-20(28)13-18/h5-10,13-14,16-17,23-24,29-30,32H,11-12,15H2,1-4H3,(H,31,33)/t17?,23-,24-/m0/s1. The van der Waals surface area contributed by atoms with E-state index in [1.807, 2.05) is 51.2 Å². The van der Waals surface area contributed by atoms with Crippen molar-refractivity contribution in [3.8, 4) is 0 Å². The molecule has 0 fully saturated rings. The van der Waals surface area contributed by atoms with E-state index in [-0.39, 0.29) is 17.9 Å². The smallest absolute Gasteiger partial charge is 0.328 e. The number of fused-ring (bicyclic) bond motifs is 1. The molecule has 3 aromatic rings. The highest BCUT2D eigenvalue weighted by Crippen LogP contribution is 2.24. The number of H-pyrrole nitrogens is 1. The average molecular weight is 500 g/mol. The van der Waals surface area contributed by atoms with Crippen molar-refractivity contribution in [2.75, 3.05) is 13.7 Å². The number of nitrogens with one attached hydrogen (secondary N) is 3. The Morgan fingerprint density at radius 2 is 1.89 bits per heavy atom. The predicted octanol–water partition coefficient (Wildman–Crippen LogP) is 4.39. The molecule has 1 unspecified atom stereocenters. The lowest BCUT2D eigenvalue weighted by Crippen LogP contribution is -2.42. The van der Waals surface area contributed by atoms with E-state index in [4.69, 9.17) is 16.3 Å². The summed E-state index contributed by atoms with van der Waals surface area (Å²) in [5.41, 5.74) is 3.02. The molecular weight excluding hydrogens is 466 g/mol. The molecule has 1 aromatic heterocycles. The third kappa shape index (κ3) is 7.07. The second-order valence-corrected chi connectivity index (χ2v) is 9.74. The van der Waals surface area contributed by atoms with Crippen LogP contribution >= 0.6 is 11.6 Å². The fourth-order valence-corrected chi connectivity index (χ4v) is 4.38. The van der Waals surface area contributed by atoms with Crippen LogP contribution in [0.25, 0.3) is 10.9 Å². The maximum absolute atomic E-state index is 13.1. The summed E-state index contributed by atoms with van der Waals surface area (Å²) in [4.78, 5) is 28.4. The van der Waals surface area contributed by atoms with Gasteiger partial charge in [0.2, 0.25) is 0 Å². The van der Waals surface area contributed by atoms with Crippen LogP contribution in [0.3, 0.4) is 0 Å². The minimum absolute atomic E-state index is 0.0788. The van der Waals surface area contributed by atoms with E-state index < -0.39 is 18.1 Å². The Bertz CT molecular complexity index is 1160. The van der Waals surface area contributed by atoms with Crippen molar-refractivity contribution in [1.29, 1.82) is 0 Å². The van der Waals surface area contributed by atoms with E-state index in [0.29, 0.717) is 30.0 Å². The van der Waals surface area contributed by atoms with Gasteiger partial charge in [0.05, 0.1) is 24.3 Å². The largest absolute Gasteiger partial charge is 0.467 e. The van der Waals surface area contributed by atoms with Crippen molar-refractivity contribution in [2.24, 2.45) is 5.92 Å². The summed E-state index contributed by atoms with van der Waals surface area (Å²) in [5.74, 6) is -0.555. The zero-order valence-electron chi connectivity index (χ0n) is 20.6. The third-order valence-electron chi connectivity index (χ3n) is 5.96. The fraction of sp³-hybridized carbons (Fsp3) is 0.407. The van der Waals surface area contributed by atoms with Crippen LogP contribution in [0.5, 0.6) is 0 Å². The maximum atomic E-state index is 13.1. The molecule has 0 radical (unpaired) electrons. The van der Waals surface area contributed by atoms with Crippen LogP contribution in [-0.4, -0.2) is 47.7 Å². The van der Waals surface area contributed by atoms with E-state index in [2.05, 4.69) is 15.6 Å². The quantitative estimate of drug-likeness (QED) is 0.293. The number of halogens is 1. The van der Waals surface area contributed by atoms with E-state index in [1.54, 1.807) is 18.2 Å². The number of ether oxygens (including phenoxy) is 1. The SMILES string of the molecule is COC(=O)[C@H](CC(C)C)NC(=O)c1cccc2c(CC(C)NC[C@H](O)c3cccc(Cl)c3)c[nH]c12. The molecule has 0 bridgehead atoms. The topological polar surface area (TPSA) is 103 Å². The second-order valence-electron chi connectivity index (χ2n) is 9.31. The molecule has 0 aliphatic rings. The summed E-state index contributed by atoms with van der Waals surface area (Å²) in [6.45, 7) is 6.42. The highest BCUT2D eigenvalue weighted by Gasteiger charge is 2.24. The number of aromatic nitrogens is 1. The van der Waals surface area contributed by atoms with E-state index in [9.17, 15) is 14.7 Å². The van der Waals surface area contributed by atoms with Crippen molar-refractivity contribution in [1.82, 2.24) is 15.6 Å². The van der Waals surface area contributed by atoms with Crippen molar-refractivity contribution < 1.29 is 19.4 Å². The highest BCUT2D eigenvalue weighted by molar-refractivity contribution is 6.30. The number of aliphatic hydroxyl groups is 1. The van der Waals surface area contributed by atoms with Crippen LogP contribution in [0.15, 0.2) is 48.7 Å². The zero-order chi connectivity index (χ0) is 25.5. The minimum atomic E-state index is -0.702. The summed E-state index contributed by atoms with van der Waals surface area (Å²) in [6, 6.07) is 12.1. The highest BCUT2D eigenvalue weighted by atomic mass is 35.5. The van der Waals surface area contributed by atoms with Gasteiger partial charge in [-0.05, 0) is 55.0 Å². The molecule has 188 valence electrons. The fourth-order valence-electron chi connectivity index (χ4n) is 4.18. The van der Waals surface area contributed by atoms with Gasteiger partial charge in [0.25, 0.3) is 5.91 Å². The first kappa shape index (κ1) is 26.7. The van der Waals surface area contributed by atoms with Gasteiger partial charge in [-0.1, -0.05) is 49.7 Å². The number of carbonyl (C=O) groups is 2. The second kappa shape index (κ2) is 12.2. The lowest BCUT2D eigenvalue weighted by molar-refractivity contribution is -0.143. The normalized spacial score (nSPS) is 14.0. The van der Waals surface area contributed by atoms with Gasteiger partial charge >= 0.3 is 5.97 Å². The zero-order valence-corrected chi connectivity index (χ0v) is 21.4. The van der Waals surface area contributed by atoms with Crippen LogP contribution in [0.1, 0.15) is 54.8 Å². The molecule has 0 spiro atoms. The summed E-state index contributed by atoms with van der Waals surface area (Å²) in [7, 11) is 1.32. The molecule has 0 saturated heterocycles. The molecule has 0 aliphatic heterocycles. The van der Waals surface area contributed by atoms with Crippen LogP contribution in [0.4, 0.5) is 0 Å². The molecule has 4 N–H and O–H groups in total. The molecule has 0 aliphatic carbocycles. The van der Waals surface area contributed by atoms with E-state index in [1.165, 1.54) is 7.11 Å². The molecule has 2 aromatic carbocycles. The van der Waals surface area contributed by atoms with Crippen molar-refractivity contribution in [3.63, 3.8) is 0 Å². The van der Waals surface area contributed by atoms with Gasteiger partial charge in [-0.15, -0.1) is 0 Å². The Morgan fingerprint density at radius 1 is 1.14 bits per heavy atom. The number of benzene rings is 2. The number of para-hydroxylation sites is 1. The Labute approximate surface area is 211 Å². The number of carbonyl (C=O) groups excluding carboxylic acids is 2. The molecule has 7 nitrogen and oxygen atoms in total. The van der Waals surface area contributed by atoms with Crippen molar-refractivity contribution in [2.45, 2.75) is 51.8 Å². The van der Waals surface area contributed by atoms with Gasteiger partial charge in [-0.2, -0.15) is 0 Å². The van der Waals surface area contributed by atoms with Gasteiger partial charge in [0.1, 0.15) is 6.04 Å². The summed E-state index contributed by atoms with van der Waals surface area (Å²) in [6.07, 6.45) is 2.43. The van der Waals surface area contributed by atoms with Crippen LogP contribution in [0.2, 0.25) is 5.02 Å². The van der Waals surface area contributed by atoms with Crippen LogP contribution < -0.4 is 10.6 Å². The van der Waals surface area contributed by atoms with Crippen molar-refractivity contribution >= 4 is 34.4 Å². The number of rotatable bonds is 11. The molecule has 35 heavy (non-hydrogen) atoms. The molecule has 1 heterocycles. The van der Waals surface area contributed by atoms with Gasteiger partial charge in [0.15, 0.2) is 0 Å². The molecule has 1 amide bonds. The first-order valence-electron chi connectivity index (χ1n) is 11.8. The Balaban J connectivity index is 1.68. The van der Waals surface area contributed by atoms with Crippen LogP contribution in [0, 0.1) is 5.92 Å². The van der Waals surface area contributed by atoms with Gasteiger partial charge in [-0.3, -0.25) is 4.79 Å². The number of hydrogen-bond donors (Lipinski definition) is 4. The van der Waals surface area contributed by atoms with E-state index >= 15 is 0 Å². The predicted molar refractivity (Wildman–Crippen MR) is 139 cm³/mol. The van der Waals surface area contributed by atoms with E-state index in [0.717, 1.165) is 22.0 Å². The molecule has 3 atom stereocenters. The van der Waals surface area contributed by atoms with Gasteiger partial charge in [0, 0.05) is 29.2 Å². The summed E-state index contributed by atoms with van der Waals surface area (Å²) in [5, 5.41) is 18.2. The van der Waals surface area contributed by atoms with Crippen LogP contribution in [-0.2, 0) is 16.0 Å². The number of aliphatic hydroxyl groups excluding tert-OH is 1. The monoisotopic (exact) mass is 499 g/mol. The molecular formula is C27H34ClN3O4. The average Bonchev–Trinajstić information content (AvgIpc) is 3.23. The molecule has 3 rings (SSSR count). The first-order valence-corrected chi connectivity index (χ1v) is 12.2. The van der Waals surface area contributed by atoms with Gasteiger partial charge < -0.3 is 25.5 Å². The molecule has 8 heteroatoms. The lowest BCUT2D eigenvalue weighted by atomic mass is 10.0. The lowest BCUT2D eigenvalue weighted by Gasteiger charge is -2.18. The Hall–Kier alpha value is -2.87. The summed E-state index contributed by atoms with van der Waals surface area (Å²) >= 11 is 6.02. The third-order valence-corrected chi connectivity index (χ3v) is 6.20. The minimum Gasteiger partial charge on any atom is -0.467 e. The molecule has 0 saturated carbocycles. The number of esters is 1. The number of methoxy groups -OCH3 is 1.